The lowest BCUT2D eigenvalue weighted by molar-refractivity contribution is -0.147. The van der Waals surface area contributed by atoms with Crippen molar-refractivity contribution in [1.29, 1.82) is 0 Å². The van der Waals surface area contributed by atoms with Gasteiger partial charge in [-0.15, -0.1) is 0 Å². The number of likely N-dealkylation sites (N-methyl/N-ethyl adjacent to an activating group) is 1. The van der Waals surface area contributed by atoms with Gasteiger partial charge in [0.05, 0.1) is 12.8 Å². The minimum absolute atomic E-state index is 0.0216. The Balaban J connectivity index is 2.32. The van der Waals surface area contributed by atoms with Crippen LogP contribution in [0, 0.1) is 13.8 Å². The topological polar surface area (TPSA) is 55.8 Å². The van der Waals surface area contributed by atoms with Gasteiger partial charge in [-0.3, -0.25) is 9.59 Å². The first kappa shape index (κ1) is 17.2. The maximum Gasteiger partial charge on any atom is 0.311 e. The molecule has 0 saturated carbocycles. The number of hydrogen-bond donors (Lipinski definition) is 0. The summed E-state index contributed by atoms with van der Waals surface area (Å²) in [5.41, 5.74) is 2.06. The lowest BCUT2D eigenvalue weighted by atomic mass is 10.1. The second-order valence-corrected chi connectivity index (χ2v) is 5.32. The van der Waals surface area contributed by atoms with Gasteiger partial charge in [-0.1, -0.05) is 6.07 Å². The Hall–Kier alpha value is -1.88. The van der Waals surface area contributed by atoms with Crippen molar-refractivity contribution >= 4 is 11.9 Å². The van der Waals surface area contributed by atoms with Crippen molar-refractivity contribution in [1.82, 2.24) is 4.90 Å². The summed E-state index contributed by atoms with van der Waals surface area (Å²) in [5.74, 6) is -0.294. The minimum Gasteiger partial charge on any atom is -0.464 e. The first-order valence-corrected chi connectivity index (χ1v) is 6.96. The normalized spacial score (nSPS) is 10.5. The zero-order valence-electron chi connectivity index (χ0n) is 13.1. The predicted molar refractivity (Wildman–Crippen MR) is 80.3 cm³/mol. The molecule has 0 saturated heterocycles. The Morgan fingerprint density at radius 3 is 2.14 bits per heavy atom. The molecule has 0 bridgehead atoms. The van der Waals surface area contributed by atoms with Gasteiger partial charge >= 0.3 is 11.9 Å². The summed E-state index contributed by atoms with van der Waals surface area (Å²) in [6, 6.07) is 5.58. The highest BCUT2D eigenvalue weighted by Crippen LogP contribution is 2.16. The summed E-state index contributed by atoms with van der Waals surface area (Å²) >= 11 is 0. The van der Waals surface area contributed by atoms with Crippen LogP contribution in [0.2, 0.25) is 0 Å². The smallest absolute Gasteiger partial charge is 0.311 e. The monoisotopic (exact) mass is 293 g/mol. The number of rotatable bonds is 7. The van der Waals surface area contributed by atoms with Crippen LogP contribution in [0.5, 0.6) is 5.75 Å². The Bertz CT molecular complexity index is 477. The molecule has 1 aromatic rings. The van der Waals surface area contributed by atoms with Crippen LogP contribution in [0.4, 0.5) is 0 Å². The van der Waals surface area contributed by atoms with Gasteiger partial charge < -0.3 is 14.4 Å². The molecule has 0 aliphatic heterocycles. The van der Waals surface area contributed by atoms with Gasteiger partial charge in [-0.05, 0) is 51.2 Å². The molecule has 5 heteroatoms. The summed E-state index contributed by atoms with van der Waals surface area (Å²) in [6.45, 7) is 4.87. The molecule has 0 atom stereocenters. The fourth-order valence-electron chi connectivity index (χ4n) is 1.79. The zero-order chi connectivity index (χ0) is 15.8. The maximum atomic E-state index is 11.7. The first-order chi connectivity index (χ1) is 9.86. The van der Waals surface area contributed by atoms with Crippen molar-refractivity contribution in [2.45, 2.75) is 26.7 Å². The van der Waals surface area contributed by atoms with Crippen LogP contribution in [0.1, 0.15) is 24.0 Å². The number of nitrogens with zero attached hydrogens (tertiary/aromatic N) is 1. The Labute approximate surface area is 125 Å². The molecule has 21 heavy (non-hydrogen) atoms. The quantitative estimate of drug-likeness (QED) is 0.569. The predicted octanol–water partition coefficient (Wildman–Crippen LogP) is 2.09. The zero-order valence-corrected chi connectivity index (χ0v) is 13.1. The molecular weight excluding hydrogens is 270 g/mol. The van der Waals surface area contributed by atoms with E-state index in [1.165, 1.54) is 0 Å². The second kappa shape index (κ2) is 8.42. The van der Waals surface area contributed by atoms with Crippen molar-refractivity contribution in [2.75, 3.05) is 27.2 Å². The fourth-order valence-corrected chi connectivity index (χ4v) is 1.79. The van der Waals surface area contributed by atoms with E-state index in [2.05, 4.69) is 0 Å². The number of ether oxygens (including phenoxy) is 2. The van der Waals surface area contributed by atoms with Crippen molar-refractivity contribution in [3.05, 3.63) is 29.3 Å². The van der Waals surface area contributed by atoms with Crippen LogP contribution in [-0.2, 0) is 14.3 Å². The standard InChI is InChI=1S/C16H23NO4/c1-12-9-13(2)11-14(10-12)21-16(19)6-5-15(18)20-8-7-17(3)4/h9-11H,5-8H2,1-4H3. The highest BCUT2D eigenvalue weighted by atomic mass is 16.5. The van der Waals surface area contributed by atoms with E-state index in [-0.39, 0.29) is 18.8 Å². The van der Waals surface area contributed by atoms with E-state index in [4.69, 9.17) is 9.47 Å². The van der Waals surface area contributed by atoms with Crippen LogP contribution < -0.4 is 4.74 Å². The summed E-state index contributed by atoms with van der Waals surface area (Å²) in [6.07, 6.45) is 0.0604. The Kier molecular flexibility index (Phi) is 6.88. The molecule has 0 amide bonds. The van der Waals surface area contributed by atoms with Gasteiger partial charge in [0.25, 0.3) is 0 Å². The number of aryl methyl sites for hydroxylation is 2. The lowest BCUT2D eigenvalue weighted by Gasteiger charge is -2.10. The van der Waals surface area contributed by atoms with E-state index in [0.29, 0.717) is 18.9 Å². The first-order valence-electron chi connectivity index (χ1n) is 6.96. The number of hydrogen-bond acceptors (Lipinski definition) is 5. The van der Waals surface area contributed by atoms with Crippen molar-refractivity contribution in [3.63, 3.8) is 0 Å². The highest BCUT2D eigenvalue weighted by molar-refractivity contribution is 5.79. The van der Waals surface area contributed by atoms with Crippen LogP contribution in [0.15, 0.2) is 18.2 Å². The number of carbonyl (C=O) groups is 2. The SMILES string of the molecule is Cc1cc(C)cc(OC(=O)CCC(=O)OCCN(C)C)c1. The van der Waals surface area contributed by atoms with Crippen molar-refractivity contribution < 1.29 is 19.1 Å². The maximum absolute atomic E-state index is 11.7. The van der Waals surface area contributed by atoms with E-state index in [9.17, 15) is 9.59 Å². The van der Waals surface area contributed by atoms with E-state index in [0.717, 1.165) is 11.1 Å². The third kappa shape index (κ3) is 7.46. The molecule has 0 fully saturated rings. The van der Waals surface area contributed by atoms with Crippen LogP contribution in [0.3, 0.4) is 0 Å². The number of carbonyl (C=O) groups excluding carboxylic acids is 2. The molecule has 0 aliphatic rings. The van der Waals surface area contributed by atoms with Crippen LogP contribution in [-0.4, -0.2) is 44.1 Å². The molecule has 116 valence electrons. The molecule has 0 heterocycles. The van der Waals surface area contributed by atoms with Crippen molar-refractivity contribution in [2.24, 2.45) is 0 Å². The van der Waals surface area contributed by atoms with Crippen LogP contribution >= 0.6 is 0 Å². The van der Waals surface area contributed by atoms with Gasteiger partial charge in [0.15, 0.2) is 0 Å². The Morgan fingerprint density at radius 1 is 1.00 bits per heavy atom. The molecule has 5 nitrogen and oxygen atoms in total. The van der Waals surface area contributed by atoms with E-state index < -0.39 is 5.97 Å². The number of benzene rings is 1. The summed E-state index contributed by atoms with van der Waals surface area (Å²) in [7, 11) is 3.80. The lowest BCUT2D eigenvalue weighted by Crippen LogP contribution is -2.20. The molecule has 1 rings (SSSR count). The van der Waals surface area contributed by atoms with Gasteiger partial charge in [-0.2, -0.15) is 0 Å². The summed E-state index contributed by atoms with van der Waals surface area (Å²) in [5, 5.41) is 0. The van der Waals surface area contributed by atoms with Gasteiger partial charge in [0.1, 0.15) is 12.4 Å². The average Bonchev–Trinajstić information content (AvgIpc) is 2.34. The third-order valence-corrected chi connectivity index (χ3v) is 2.76. The third-order valence-electron chi connectivity index (χ3n) is 2.76. The van der Waals surface area contributed by atoms with Gasteiger partial charge in [-0.25, -0.2) is 0 Å². The minimum atomic E-state index is -0.426. The molecule has 0 spiro atoms. The average molecular weight is 293 g/mol. The van der Waals surface area contributed by atoms with E-state index in [1.807, 2.05) is 38.9 Å². The molecule has 1 aromatic carbocycles. The summed E-state index contributed by atoms with van der Waals surface area (Å²) < 4.78 is 10.2. The summed E-state index contributed by atoms with van der Waals surface area (Å²) in [4.78, 5) is 25.0. The molecule has 0 aromatic heterocycles. The van der Waals surface area contributed by atoms with E-state index >= 15 is 0 Å². The Morgan fingerprint density at radius 2 is 1.57 bits per heavy atom. The van der Waals surface area contributed by atoms with Gasteiger partial charge in [0, 0.05) is 6.54 Å². The van der Waals surface area contributed by atoms with E-state index in [1.54, 1.807) is 12.1 Å². The fraction of sp³-hybridized carbons (Fsp3) is 0.500. The molecule has 0 N–H and O–H groups in total. The molecular formula is C16H23NO4. The van der Waals surface area contributed by atoms with Crippen LogP contribution in [0.25, 0.3) is 0 Å². The number of esters is 2. The second-order valence-electron chi connectivity index (χ2n) is 5.32. The molecule has 0 unspecified atom stereocenters. The molecule has 0 radical (unpaired) electrons. The van der Waals surface area contributed by atoms with Gasteiger partial charge in [0.2, 0.25) is 0 Å². The van der Waals surface area contributed by atoms with Crippen molar-refractivity contribution in [3.8, 4) is 5.75 Å². The highest BCUT2D eigenvalue weighted by Gasteiger charge is 2.10. The largest absolute Gasteiger partial charge is 0.464 e. The molecule has 0 aliphatic carbocycles.